The molecule has 0 saturated carbocycles. The number of carbonyl (C=O) groups is 2. The van der Waals surface area contributed by atoms with Crippen LogP contribution in [0.2, 0.25) is 0 Å². The van der Waals surface area contributed by atoms with Gasteiger partial charge in [-0.3, -0.25) is 10.1 Å². The van der Waals surface area contributed by atoms with Crippen molar-refractivity contribution in [2.45, 2.75) is 71.2 Å². The molecule has 3 aromatic carbocycles. The van der Waals surface area contributed by atoms with Crippen molar-refractivity contribution < 1.29 is 28.5 Å². The highest BCUT2D eigenvalue weighted by Gasteiger charge is 2.54. The Labute approximate surface area is 270 Å². The molecule has 2 N–H and O–H groups in total. The van der Waals surface area contributed by atoms with Gasteiger partial charge in [0.1, 0.15) is 19.1 Å². The second-order valence-corrected chi connectivity index (χ2v) is 12.9. The van der Waals surface area contributed by atoms with Gasteiger partial charge in [-0.2, -0.15) is 0 Å². The Hall–Kier alpha value is -4.76. The number of hydrogen-bond acceptors (Lipinski definition) is 7. The SMILES string of the molecule is CC1=C(C(=O)OC(C)C)C(c2cccc([N+](=O)[O-])c2)C(C(=O)OC2C[N+](C(C)C)(C(c3ccccc3)c3ccccc3)C2)=C(N)C1. The summed E-state index contributed by atoms with van der Waals surface area (Å²) in [4.78, 5) is 38.8. The number of nitrogens with zero attached hydrogens (tertiary/aromatic N) is 2. The molecule has 0 spiro atoms. The Morgan fingerprint density at radius 3 is 1.98 bits per heavy atom. The van der Waals surface area contributed by atoms with Gasteiger partial charge < -0.3 is 19.7 Å². The van der Waals surface area contributed by atoms with E-state index in [2.05, 4.69) is 38.1 Å². The number of non-ortho nitro benzene ring substituents is 1. The van der Waals surface area contributed by atoms with Gasteiger partial charge in [-0.25, -0.2) is 9.59 Å². The summed E-state index contributed by atoms with van der Waals surface area (Å²) in [5.41, 5.74) is 10.5. The summed E-state index contributed by atoms with van der Waals surface area (Å²) < 4.78 is 12.5. The average molecular weight is 625 g/mol. The van der Waals surface area contributed by atoms with Gasteiger partial charge in [0, 0.05) is 41.0 Å². The molecule has 5 rings (SSSR count). The summed E-state index contributed by atoms with van der Waals surface area (Å²) in [6.45, 7) is 10.8. The van der Waals surface area contributed by atoms with Crippen molar-refractivity contribution >= 4 is 17.6 Å². The number of allylic oxidation sites excluding steroid dienone is 1. The van der Waals surface area contributed by atoms with Crippen molar-refractivity contribution in [1.82, 2.24) is 0 Å². The third kappa shape index (κ3) is 6.33. The number of esters is 2. The molecule has 0 amide bonds. The minimum atomic E-state index is -0.974. The van der Waals surface area contributed by atoms with Crippen LogP contribution in [0, 0.1) is 10.1 Å². The normalized spacial score (nSPS) is 21.4. The third-order valence-electron chi connectivity index (χ3n) is 9.17. The monoisotopic (exact) mass is 624 g/mol. The highest BCUT2D eigenvalue weighted by Crippen LogP contribution is 2.46. The van der Waals surface area contributed by atoms with E-state index in [1.54, 1.807) is 26.8 Å². The summed E-state index contributed by atoms with van der Waals surface area (Å²) in [6.07, 6.45) is -0.621. The van der Waals surface area contributed by atoms with Crippen LogP contribution in [0.3, 0.4) is 0 Å². The van der Waals surface area contributed by atoms with E-state index >= 15 is 0 Å². The summed E-state index contributed by atoms with van der Waals surface area (Å²) in [7, 11) is 0. The molecule has 240 valence electrons. The number of nitrogens with two attached hydrogens (primary N) is 1. The van der Waals surface area contributed by atoms with Gasteiger partial charge in [0.05, 0.1) is 28.6 Å². The fourth-order valence-corrected chi connectivity index (χ4v) is 7.00. The van der Waals surface area contributed by atoms with Crippen molar-refractivity contribution in [2.24, 2.45) is 5.73 Å². The van der Waals surface area contributed by atoms with Gasteiger partial charge >= 0.3 is 11.9 Å². The fraction of sp³-hybridized carbons (Fsp3) is 0.351. The lowest BCUT2D eigenvalue weighted by Gasteiger charge is -2.57. The molecule has 1 aliphatic carbocycles. The zero-order valence-corrected chi connectivity index (χ0v) is 27.0. The Bertz CT molecular complexity index is 1630. The molecular weight excluding hydrogens is 582 g/mol. The first-order valence-corrected chi connectivity index (χ1v) is 15.7. The topological polar surface area (TPSA) is 122 Å². The first-order chi connectivity index (χ1) is 21.9. The summed E-state index contributed by atoms with van der Waals surface area (Å²) in [5.74, 6) is -2.19. The quantitative estimate of drug-likeness (QED) is 0.118. The van der Waals surface area contributed by atoms with E-state index in [0.717, 1.165) is 0 Å². The van der Waals surface area contributed by atoms with E-state index in [4.69, 9.17) is 15.2 Å². The van der Waals surface area contributed by atoms with Crippen LogP contribution in [0.5, 0.6) is 0 Å². The van der Waals surface area contributed by atoms with Gasteiger partial charge in [-0.05, 0) is 40.2 Å². The largest absolute Gasteiger partial charge is 0.460 e. The molecule has 1 heterocycles. The van der Waals surface area contributed by atoms with Crippen LogP contribution in [-0.2, 0) is 19.1 Å². The highest BCUT2D eigenvalue weighted by molar-refractivity contribution is 6.00. The van der Waals surface area contributed by atoms with Crippen LogP contribution < -0.4 is 5.73 Å². The average Bonchev–Trinajstić information content (AvgIpc) is 2.99. The van der Waals surface area contributed by atoms with Gasteiger partial charge in [0.15, 0.2) is 6.10 Å². The maximum atomic E-state index is 14.1. The number of benzene rings is 3. The molecule has 9 heteroatoms. The molecular formula is C37H42N3O6+. The minimum absolute atomic E-state index is 0.0388. The van der Waals surface area contributed by atoms with Crippen molar-refractivity contribution in [3.05, 3.63) is 134 Å². The Kier molecular flexibility index (Phi) is 9.44. The van der Waals surface area contributed by atoms with Crippen LogP contribution in [0.1, 0.15) is 69.7 Å². The predicted octanol–water partition coefficient (Wildman–Crippen LogP) is 6.50. The lowest BCUT2D eigenvalue weighted by molar-refractivity contribution is -1.01. The molecule has 1 unspecified atom stereocenters. The Morgan fingerprint density at radius 1 is 0.870 bits per heavy atom. The number of nitro groups is 1. The highest BCUT2D eigenvalue weighted by atomic mass is 16.6. The van der Waals surface area contributed by atoms with E-state index in [-0.39, 0.29) is 41.0 Å². The summed E-state index contributed by atoms with van der Waals surface area (Å²) >= 11 is 0. The molecule has 1 aliphatic heterocycles. The molecule has 0 aromatic heterocycles. The number of rotatable bonds is 10. The maximum Gasteiger partial charge on any atom is 0.337 e. The second-order valence-electron chi connectivity index (χ2n) is 12.9. The fourth-order valence-electron chi connectivity index (χ4n) is 7.00. The minimum Gasteiger partial charge on any atom is -0.460 e. The van der Waals surface area contributed by atoms with Crippen molar-refractivity contribution in [1.29, 1.82) is 0 Å². The molecule has 1 saturated heterocycles. The Morgan fingerprint density at radius 2 is 1.46 bits per heavy atom. The van der Waals surface area contributed by atoms with Crippen LogP contribution in [-0.4, -0.2) is 52.7 Å². The first-order valence-electron chi connectivity index (χ1n) is 15.7. The molecule has 1 fully saturated rings. The van der Waals surface area contributed by atoms with E-state index in [1.807, 2.05) is 36.4 Å². The number of ether oxygens (including phenoxy) is 2. The first kappa shape index (κ1) is 32.6. The molecule has 46 heavy (non-hydrogen) atoms. The molecule has 1 atom stereocenters. The van der Waals surface area contributed by atoms with Crippen LogP contribution >= 0.6 is 0 Å². The van der Waals surface area contributed by atoms with Crippen molar-refractivity contribution in [3.8, 4) is 0 Å². The van der Waals surface area contributed by atoms with E-state index in [0.29, 0.717) is 28.7 Å². The van der Waals surface area contributed by atoms with Crippen molar-refractivity contribution in [2.75, 3.05) is 13.1 Å². The molecule has 0 bridgehead atoms. The zero-order valence-electron chi connectivity index (χ0n) is 27.0. The van der Waals surface area contributed by atoms with Crippen molar-refractivity contribution in [3.63, 3.8) is 0 Å². The summed E-state index contributed by atoms with van der Waals surface area (Å²) in [5, 5.41) is 11.7. The zero-order chi connectivity index (χ0) is 33.2. The van der Waals surface area contributed by atoms with E-state index in [1.165, 1.54) is 29.3 Å². The maximum absolute atomic E-state index is 14.1. The molecule has 2 aliphatic rings. The lowest BCUT2D eigenvalue weighted by atomic mass is 9.76. The van der Waals surface area contributed by atoms with Crippen LogP contribution in [0.15, 0.2) is 107 Å². The second kappa shape index (κ2) is 13.3. The number of quaternary nitrogens is 1. The standard InChI is InChI=1S/C37H41N3O6/c1-23(2)40(35(26-13-8-6-9-14-26)27-15-10-7-11-16-27)21-30(22-40)46-37(42)34-31(38)19-25(5)32(36(41)45-24(3)4)33(34)28-17-12-18-29(20-28)39(43)44/h6-18,20,23-24,30,33,35H,19,21-22H2,1-5H3,(H-,38,42)/p+1. The Balaban J connectivity index is 1.48. The molecule has 3 aromatic rings. The number of nitro benzene ring substituents is 1. The third-order valence-corrected chi connectivity index (χ3v) is 9.17. The molecule has 9 nitrogen and oxygen atoms in total. The van der Waals surface area contributed by atoms with Gasteiger partial charge in [-0.1, -0.05) is 78.4 Å². The number of carbonyl (C=O) groups excluding carboxylic acids is 2. The summed E-state index contributed by atoms with van der Waals surface area (Å²) in [6, 6.07) is 27.0. The van der Waals surface area contributed by atoms with E-state index < -0.39 is 35.0 Å². The molecule has 0 radical (unpaired) electrons. The lowest BCUT2D eigenvalue weighted by Crippen LogP contribution is -2.71. The predicted molar refractivity (Wildman–Crippen MR) is 175 cm³/mol. The van der Waals surface area contributed by atoms with Crippen LogP contribution in [0.25, 0.3) is 0 Å². The van der Waals surface area contributed by atoms with Gasteiger partial charge in [-0.15, -0.1) is 0 Å². The van der Waals surface area contributed by atoms with Crippen LogP contribution in [0.4, 0.5) is 5.69 Å². The smallest absolute Gasteiger partial charge is 0.337 e. The van der Waals surface area contributed by atoms with Gasteiger partial charge in [0.2, 0.25) is 0 Å². The number of likely N-dealkylation sites (tertiary alicyclic amines) is 1. The van der Waals surface area contributed by atoms with Gasteiger partial charge in [0.25, 0.3) is 5.69 Å². The van der Waals surface area contributed by atoms with E-state index in [9.17, 15) is 19.7 Å². The number of hydrogen-bond donors (Lipinski definition) is 1.